The van der Waals surface area contributed by atoms with E-state index >= 15 is 0 Å². The van der Waals surface area contributed by atoms with Gasteiger partial charge in [0.25, 0.3) is 11.8 Å². The number of benzene rings is 1. The summed E-state index contributed by atoms with van der Waals surface area (Å²) in [5, 5.41) is 14.3. The first kappa shape index (κ1) is 19.4. The fraction of sp³-hybridized carbons (Fsp3) is 0.550. The van der Waals surface area contributed by atoms with E-state index in [4.69, 9.17) is 5.11 Å². The quantitative estimate of drug-likeness (QED) is 0.724. The average molecular weight is 373 g/mol. The number of hydrogen-bond acceptors (Lipinski definition) is 4. The van der Waals surface area contributed by atoms with Crippen LogP contribution in [-0.2, 0) is 4.79 Å². The van der Waals surface area contributed by atoms with E-state index in [0.29, 0.717) is 11.1 Å². The van der Waals surface area contributed by atoms with Gasteiger partial charge in [0.05, 0.1) is 0 Å². The molecule has 0 aliphatic carbocycles. The highest BCUT2D eigenvalue weighted by atomic mass is 16.4. The summed E-state index contributed by atoms with van der Waals surface area (Å²) in [7, 11) is 0. The topological polar surface area (TPSA) is 98.7 Å². The van der Waals surface area contributed by atoms with Crippen molar-refractivity contribution in [1.82, 2.24) is 15.5 Å². The van der Waals surface area contributed by atoms with Gasteiger partial charge in [-0.3, -0.25) is 14.4 Å². The lowest BCUT2D eigenvalue weighted by molar-refractivity contribution is -0.135. The van der Waals surface area contributed by atoms with E-state index in [9.17, 15) is 14.4 Å². The van der Waals surface area contributed by atoms with Gasteiger partial charge in [0, 0.05) is 24.2 Å². The highest BCUT2D eigenvalue weighted by Gasteiger charge is 2.29. The van der Waals surface area contributed by atoms with E-state index < -0.39 is 18.4 Å². The highest BCUT2D eigenvalue weighted by Crippen LogP contribution is 2.31. The number of carbonyl (C=O) groups excluding carboxylic acids is 2. The van der Waals surface area contributed by atoms with E-state index in [1.165, 1.54) is 12.8 Å². The fourth-order valence-corrected chi connectivity index (χ4v) is 4.09. The summed E-state index contributed by atoms with van der Waals surface area (Å²) in [4.78, 5) is 37.0. The lowest BCUT2D eigenvalue weighted by Gasteiger charge is -2.37. The van der Waals surface area contributed by atoms with Crippen molar-refractivity contribution in [2.75, 3.05) is 32.7 Å². The van der Waals surface area contributed by atoms with Gasteiger partial charge in [0.2, 0.25) is 0 Å². The number of carboxylic acids is 1. The SMILES string of the molecule is O=C(O)CNC(=O)c1ccc(C(=O)N2CCC(C3CCNCC3)CC2)cc1. The van der Waals surface area contributed by atoms with Crippen LogP contribution in [0.25, 0.3) is 0 Å². The number of carbonyl (C=O) groups is 3. The minimum Gasteiger partial charge on any atom is -0.480 e. The average Bonchev–Trinajstić information content (AvgIpc) is 2.72. The normalized spacial score (nSPS) is 18.9. The Kier molecular flexibility index (Phi) is 6.45. The third kappa shape index (κ3) is 5.07. The Morgan fingerprint density at radius 2 is 1.52 bits per heavy atom. The van der Waals surface area contributed by atoms with Crippen LogP contribution in [0.4, 0.5) is 0 Å². The van der Waals surface area contributed by atoms with E-state index in [1.54, 1.807) is 24.3 Å². The molecule has 2 aliphatic heterocycles. The summed E-state index contributed by atoms with van der Waals surface area (Å²) in [5.41, 5.74) is 0.905. The van der Waals surface area contributed by atoms with Crippen molar-refractivity contribution in [3.05, 3.63) is 35.4 Å². The van der Waals surface area contributed by atoms with E-state index in [1.807, 2.05) is 4.90 Å². The van der Waals surface area contributed by atoms with Crippen molar-refractivity contribution < 1.29 is 19.5 Å². The summed E-state index contributed by atoms with van der Waals surface area (Å²) in [6, 6.07) is 6.40. The number of amides is 2. The first-order valence-electron chi connectivity index (χ1n) is 9.64. The number of nitrogens with one attached hydrogen (secondary N) is 2. The van der Waals surface area contributed by atoms with Crippen LogP contribution in [0.2, 0.25) is 0 Å². The Labute approximate surface area is 159 Å². The van der Waals surface area contributed by atoms with Gasteiger partial charge in [-0.2, -0.15) is 0 Å². The second-order valence-corrected chi connectivity index (χ2v) is 7.37. The molecule has 7 nitrogen and oxygen atoms in total. The predicted octanol–water partition coefficient (Wildman–Crippen LogP) is 1.35. The minimum atomic E-state index is -1.09. The largest absolute Gasteiger partial charge is 0.480 e. The van der Waals surface area contributed by atoms with Crippen molar-refractivity contribution in [2.24, 2.45) is 11.8 Å². The summed E-state index contributed by atoms with van der Waals surface area (Å²) in [6.07, 6.45) is 4.60. The zero-order chi connectivity index (χ0) is 19.2. The van der Waals surface area contributed by atoms with Crippen LogP contribution in [0, 0.1) is 11.8 Å². The molecule has 146 valence electrons. The molecule has 3 rings (SSSR count). The zero-order valence-corrected chi connectivity index (χ0v) is 15.4. The number of aliphatic carboxylic acids is 1. The van der Waals surface area contributed by atoms with Gasteiger partial charge in [0.15, 0.2) is 0 Å². The molecule has 7 heteroatoms. The van der Waals surface area contributed by atoms with E-state index in [0.717, 1.165) is 50.9 Å². The van der Waals surface area contributed by atoms with Crippen molar-refractivity contribution in [1.29, 1.82) is 0 Å². The first-order chi connectivity index (χ1) is 13.0. The fourth-order valence-electron chi connectivity index (χ4n) is 4.09. The number of nitrogens with zero attached hydrogens (tertiary/aromatic N) is 1. The Balaban J connectivity index is 1.52. The number of rotatable bonds is 5. The lowest BCUT2D eigenvalue weighted by Crippen LogP contribution is -2.42. The minimum absolute atomic E-state index is 0.00347. The standard InChI is InChI=1S/C20H27N3O4/c24-18(25)13-22-19(26)16-1-3-17(4-2-16)20(27)23-11-7-15(8-12-23)14-5-9-21-10-6-14/h1-4,14-15,21H,5-13H2,(H,22,26)(H,24,25). The molecule has 0 unspecified atom stereocenters. The smallest absolute Gasteiger partial charge is 0.322 e. The van der Waals surface area contributed by atoms with Gasteiger partial charge >= 0.3 is 5.97 Å². The molecule has 1 aromatic carbocycles. The van der Waals surface area contributed by atoms with Crippen molar-refractivity contribution in [3.63, 3.8) is 0 Å². The maximum absolute atomic E-state index is 12.7. The molecule has 0 radical (unpaired) electrons. The molecule has 2 amide bonds. The van der Waals surface area contributed by atoms with Crippen LogP contribution in [0.3, 0.4) is 0 Å². The first-order valence-corrected chi connectivity index (χ1v) is 9.64. The Bertz CT molecular complexity index is 675. The van der Waals surface area contributed by atoms with Gasteiger partial charge < -0.3 is 20.6 Å². The number of piperidine rings is 2. The number of carboxylic acid groups (broad SMARTS) is 1. The van der Waals surface area contributed by atoms with Crippen molar-refractivity contribution in [3.8, 4) is 0 Å². The third-order valence-corrected chi connectivity index (χ3v) is 5.67. The molecule has 3 N–H and O–H groups in total. The molecule has 2 heterocycles. The maximum atomic E-state index is 12.7. The molecule has 0 aromatic heterocycles. The molecule has 0 atom stereocenters. The van der Waals surface area contributed by atoms with E-state index in [2.05, 4.69) is 10.6 Å². The van der Waals surface area contributed by atoms with E-state index in [-0.39, 0.29) is 5.91 Å². The number of likely N-dealkylation sites (tertiary alicyclic amines) is 1. The molecular weight excluding hydrogens is 346 g/mol. The van der Waals surface area contributed by atoms with Crippen molar-refractivity contribution >= 4 is 17.8 Å². The monoisotopic (exact) mass is 373 g/mol. The maximum Gasteiger partial charge on any atom is 0.322 e. The zero-order valence-electron chi connectivity index (χ0n) is 15.4. The van der Waals surface area contributed by atoms with Crippen molar-refractivity contribution in [2.45, 2.75) is 25.7 Å². The molecular formula is C20H27N3O4. The van der Waals surface area contributed by atoms with Gasteiger partial charge in [-0.25, -0.2) is 0 Å². The molecule has 1 aromatic rings. The third-order valence-electron chi connectivity index (χ3n) is 5.67. The molecule has 27 heavy (non-hydrogen) atoms. The van der Waals surface area contributed by atoms with Gasteiger partial charge in [0.1, 0.15) is 6.54 Å². The van der Waals surface area contributed by atoms with Gasteiger partial charge in [-0.1, -0.05) is 0 Å². The lowest BCUT2D eigenvalue weighted by atomic mass is 9.79. The predicted molar refractivity (Wildman–Crippen MR) is 101 cm³/mol. The summed E-state index contributed by atoms with van der Waals surface area (Å²) in [5.74, 6) is -0.0537. The van der Waals surface area contributed by atoms with Gasteiger partial charge in [-0.15, -0.1) is 0 Å². The van der Waals surface area contributed by atoms with Gasteiger partial charge in [-0.05, 0) is 74.9 Å². The summed E-state index contributed by atoms with van der Waals surface area (Å²) < 4.78 is 0. The molecule has 2 saturated heterocycles. The van der Waals surface area contributed by atoms with Crippen LogP contribution < -0.4 is 10.6 Å². The summed E-state index contributed by atoms with van der Waals surface area (Å²) in [6.45, 7) is 3.36. The molecule has 2 aliphatic rings. The van der Waals surface area contributed by atoms with Crippen LogP contribution in [0.5, 0.6) is 0 Å². The Hall–Kier alpha value is -2.41. The Morgan fingerprint density at radius 3 is 2.11 bits per heavy atom. The highest BCUT2D eigenvalue weighted by molar-refractivity contribution is 5.98. The molecule has 0 saturated carbocycles. The second kappa shape index (κ2) is 8.99. The molecule has 0 spiro atoms. The second-order valence-electron chi connectivity index (χ2n) is 7.37. The number of hydrogen-bond donors (Lipinski definition) is 3. The summed E-state index contributed by atoms with van der Waals surface area (Å²) >= 11 is 0. The van der Waals surface area contributed by atoms with Crippen LogP contribution in [0.15, 0.2) is 24.3 Å². The molecule has 0 bridgehead atoms. The van der Waals surface area contributed by atoms with Crippen LogP contribution in [-0.4, -0.2) is 60.5 Å². The van der Waals surface area contributed by atoms with Crippen LogP contribution >= 0.6 is 0 Å². The van der Waals surface area contributed by atoms with Crippen LogP contribution in [0.1, 0.15) is 46.4 Å². The Morgan fingerprint density at radius 1 is 0.963 bits per heavy atom. The molecule has 2 fully saturated rings.